The lowest BCUT2D eigenvalue weighted by atomic mass is 10.1. The number of nitrogens with zero attached hydrogens (tertiary/aromatic N) is 2. The maximum atomic E-state index is 12.8. The van der Waals surface area contributed by atoms with E-state index in [2.05, 4.69) is 4.99 Å². The molecule has 0 fully saturated rings. The lowest BCUT2D eigenvalue weighted by Crippen LogP contribution is -2.19. The van der Waals surface area contributed by atoms with Gasteiger partial charge in [-0.25, -0.2) is 0 Å². The van der Waals surface area contributed by atoms with Crippen LogP contribution in [0.15, 0.2) is 35.3 Å². The van der Waals surface area contributed by atoms with Crippen molar-refractivity contribution in [3.05, 3.63) is 51.8 Å². The van der Waals surface area contributed by atoms with Crippen LogP contribution in [0.25, 0.3) is 10.2 Å². The molecule has 3 rings (SSSR count). The average Bonchev–Trinajstić information content (AvgIpc) is 3.05. The minimum absolute atomic E-state index is 0.260. The summed E-state index contributed by atoms with van der Waals surface area (Å²) < 4.78 is 19.4. The summed E-state index contributed by atoms with van der Waals surface area (Å²) in [5.41, 5.74) is 3.73. The summed E-state index contributed by atoms with van der Waals surface area (Å²) in [5, 5.41) is 0. The van der Waals surface area contributed by atoms with E-state index in [-0.39, 0.29) is 5.91 Å². The summed E-state index contributed by atoms with van der Waals surface area (Å²) in [6.45, 7) is 7.72. The number of methoxy groups -OCH3 is 2. The average molecular weight is 415 g/mol. The molecule has 1 heterocycles. The van der Waals surface area contributed by atoms with Crippen molar-refractivity contribution in [1.29, 1.82) is 0 Å². The van der Waals surface area contributed by atoms with Gasteiger partial charge in [0.25, 0.3) is 5.91 Å². The number of benzene rings is 2. The number of rotatable bonds is 7. The molecule has 0 saturated carbocycles. The Bertz CT molecular complexity index is 1100. The summed E-state index contributed by atoms with van der Waals surface area (Å²) in [7, 11) is 3.21. The van der Waals surface area contributed by atoms with Gasteiger partial charge in [0, 0.05) is 30.8 Å². The molecule has 1 aromatic heterocycles. The quantitative estimate of drug-likeness (QED) is 0.546. The Morgan fingerprint density at radius 3 is 2.45 bits per heavy atom. The first-order valence-corrected chi connectivity index (χ1v) is 10.3. The zero-order chi connectivity index (χ0) is 21.0. The lowest BCUT2D eigenvalue weighted by molar-refractivity contribution is 0.0996. The number of ether oxygens (including phenoxy) is 3. The largest absolute Gasteiger partial charge is 0.493 e. The third-order valence-electron chi connectivity index (χ3n) is 4.80. The SMILES string of the molecule is CCOCCn1c(=NC(=O)c2ccc(C)c(C)c2)sc2cc(OC)c(OC)cc21. The molecular formula is C22H26N2O4S. The van der Waals surface area contributed by atoms with E-state index >= 15 is 0 Å². The number of amides is 1. The molecule has 0 bridgehead atoms. The Labute approximate surface area is 174 Å². The van der Waals surface area contributed by atoms with Crippen LogP contribution in [0.1, 0.15) is 28.4 Å². The number of aromatic nitrogens is 1. The molecule has 0 aliphatic rings. The molecule has 0 radical (unpaired) electrons. The van der Waals surface area contributed by atoms with Gasteiger partial charge in [-0.05, 0) is 44.0 Å². The van der Waals surface area contributed by atoms with Crippen molar-refractivity contribution in [2.75, 3.05) is 27.4 Å². The second kappa shape index (κ2) is 9.24. The predicted molar refractivity (Wildman–Crippen MR) is 115 cm³/mol. The van der Waals surface area contributed by atoms with Gasteiger partial charge in [-0.2, -0.15) is 4.99 Å². The maximum absolute atomic E-state index is 12.8. The Morgan fingerprint density at radius 2 is 1.79 bits per heavy atom. The number of fused-ring (bicyclic) bond motifs is 1. The number of aryl methyl sites for hydroxylation is 2. The van der Waals surface area contributed by atoms with Crippen molar-refractivity contribution < 1.29 is 19.0 Å². The van der Waals surface area contributed by atoms with E-state index in [1.165, 1.54) is 11.3 Å². The molecule has 1 amide bonds. The molecule has 0 N–H and O–H groups in total. The second-order valence-corrected chi connectivity index (χ2v) is 7.63. The first-order valence-electron chi connectivity index (χ1n) is 9.47. The van der Waals surface area contributed by atoms with Crippen LogP contribution in [0, 0.1) is 13.8 Å². The Hall–Kier alpha value is -2.64. The van der Waals surface area contributed by atoms with Crippen LogP contribution < -0.4 is 14.3 Å². The number of carbonyl (C=O) groups excluding carboxylic acids is 1. The van der Waals surface area contributed by atoms with Gasteiger partial charge in [0.05, 0.1) is 31.0 Å². The normalized spacial score (nSPS) is 11.8. The van der Waals surface area contributed by atoms with Gasteiger partial charge in [-0.1, -0.05) is 17.4 Å². The van der Waals surface area contributed by atoms with E-state index in [1.54, 1.807) is 14.2 Å². The highest BCUT2D eigenvalue weighted by atomic mass is 32.1. The number of hydrogen-bond acceptors (Lipinski definition) is 5. The third-order valence-corrected chi connectivity index (χ3v) is 5.84. The van der Waals surface area contributed by atoms with Crippen LogP contribution in [0.5, 0.6) is 11.5 Å². The van der Waals surface area contributed by atoms with Gasteiger partial charge < -0.3 is 18.8 Å². The van der Waals surface area contributed by atoms with Crippen molar-refractivity contribution >= 4 is 27.5 Å². The van der Waals surface area contributed by atoms with Crippen LogP contribution in [-0.4, -0.2) is 37.9 Å². The first-order chi connectivity index (χ1) is 14.0. The Balaban J connectivity index is 2.13. The van der Waals surface area contributed by atoms with Gasteiger partial charge in [-0.3, -0.25) is 4.79 Å². The topological polar surface area (TPSA) is 62.1 Å². The van der Waals surface area contributed by atoms with Crippen LogP contribution >= 0.6 is 11.3 Å². The Morgan fingerprint density at radius 1 is 1.07 bits per heavy atom. The van der Waals surface area contributed by atoms with Crippen molar-refractivity contribution in [2.45, 2.75) is 27.3 Å². The van der Waals surface area contributed by atoms with Gasteiger partial charge in [0.2, 0.25) is 0 Å². The van der Waals surface area contributed by atoms with E-state index in [1.807, 2.05) is 55.7 Å². The highest BCUT2D eigenvalue weighted by Gasteiger charge is 2.14. The molecule has 3 aromatic rings. The molecule has 0 unspecified atom stereocenters. The minimum Gasteiger partial charge on any atom is -0.493 e. The van der Waals surface area contributed by atoms with Crippen molar-refractivity contribution in [3.63, 3.8) is 0 Å². The summed E-state index contributed by atoms with van der Waals surface area (Å²) in [6.07, 6.45) is 0. The Kier molecular flexibility index (Phi) is 6.71. The van der Waals surface area contributed by atoms with Crippen molar-refractivity contribution in [2.24, 2.45) is 4.99 Å². The first kappa shape index (κ1) is 21.1. The van der Waals surface area contributed by atoms with Crippen LogP contribution in [-0.2, 0) is 11.3 Å². The minimum atomic E-state index is -0.260. The molecule has 29 heavy (non-hydrogen) atoms. The van der Waals surface area contributed by atoms with Gasteiger partial charge in [0.1, 0.15) is 0 Å². The summed E-state index contributed by atoms with van der Waals surface area (Å²) in [6, 6.07) is 9.47. The molecule has 0 aliphatic carbocycles. The predicted octanol–water partition coefficient (Wildman–Crippen LogP) is 4.11. The van der Waals surface area contributed by atoms with Gasteiger partial charge in [-0.15, -0.1) is 0 Å². The van der Waals surface area contributed by atoms with E-state index in [9.17, 15) is 4.79 Å². The zero-order valence-electron chi connectivity index (χ0n) is 17.4. The highest BCUT2D eigenvalue weighted by Crippen LogP contribution is 2.33. The van der Waals surface area contributed by atoms with Crippen LogP contribution in [0.2, 0.25) is 0 Å². The molecular weight excluding hydrogens is 388 g/mol. The molecule has 7 heteroatoms. The molecule has 0 saturated heterocycles. The fourth-order valence-electron chi connectivity index (χ4n) is 3.02. The number of carbonyl (C=O) groups is 1. The zero-order valence-corrected chi connectivity index (χ0v) is 18.3. The van der Waals surface area contributed by atoms with E-state index in [4.69, 9.17) is 14.2 Å². The molecule has 0 aliphatic heterocycles. The third kappa shape index (κ3) is 4.52. The number of thiazole rings is 1. The second-order valence-electron chi connectivity index (χ2n) is 6.62. The summed E-state index contributed by atoms with van der Waals surface area (Å²) in [5.74, 6) is 1.02. The standard InChI is InChI=1S/C22H26N2O4S/c1-6-28-10-9-24-17-12-18(26-4)19(27-5)13-20(17)29-22(24)23-21(25)16-8-7-14(2)15(3)11-16/h7-8,11-13H,6,9-10H2,1-5H3. The van der Waals surface area contributed by atoms with Gasteiger partial charge >= 0.3 is 0 Å². The monoisotopic (exact) mass is 414 g/mol. The van der Waals surface area contributed by atoms with Crippen molar-refractivity contribution in [3.8, 4) is 11.5 Å². The fraction of sp³-hybridized carbons (Fsp3) is 0.364. The van der Waals surface area contributed by atoms with Gasteiger partial charge in [0.15, 0.2) is 16.3 Å². The van der Waals surface area contributed by atoms with Crippen molar-refractivity contribution in [1.82, 2.24) is 4.57 Å². The maximum Gasteiger partial charge on any atom is 0.279 e. The van der Waals surface area contributed by atoms with Crippen LogP contribution in [0.3, 0.4) is 0 Å². The molecule has 0 spiro atoms. The number of hydrogen-bond donors (Lipinski definition) is 0. The molecule has 6 nitrogen and oxygen atoms in total. The highest BCUT2D eigenvalue weighted by molar-refractivity contribution is 7.16. The van der Waals surface area contributed by atoms with Crippen LogP contribution in [0.4, 0.5) is 0 Å². The van der Waals surface area contributed by atoms with E-state index < -0.39 is 0 Å². The fourth-order valence-corrected chi connectivity index (χ4v) is 4.09. The lowest BCUT2D eigenvalue weighted by Gasteiger charge is -2.09. The van der Waals surface area contributed by atoms with E-state index in [0.29, 0.717) is 41.6 Å². The molecule has 154 valence electrons. The van der Waals surface area contributed by atoms with E-state index in [0.717, 1.165) is 21.3 Å². The summed E-state index contributed by atoms with van der Waals surface area (Å²) in [4.78, 5) is 17.9. The molecule has 0 atom stereocenters. The summed E-state index contributed by atoms with van der Waals surface area (Å²) >= 11 is 1.45. The molecule has 2 aromatic carbocycles. The smallest absolute Gasteiger partial charge is 0.279 e.